The maximum atomic E-state index is 12.1. The molecular formula is C13H17NO2. The highest BCUT2D eigenvalue weighted by atomic mass is 16.3. The molecule has 1 amide bonds. The van der Waals surface area contributed by atoms with Crippen molar-refractivity contribution < 1.29 is 9.90 Å². The van der Waals surface area contributed by atoms with Crippen LogP contribution in [-0.2, 0) is 4.79 Å². The van der Waals surface area contributed by atoms with Crippen molar-refractivity contribution in [2.24, 2.45) is 11.8 Å². The number of benzene rings is 1. The summed E-state index contributed by atoms with van der Waals surface area (Å²) in [5, 5.41) is 9.41. The number of anilines is 1. The first-order chi connectivity index (χ1) is 7.63. The summed E-state index contributed by atoms with van der Waals surface area (Å²) in [6.07, 6.45) is 0.994. The van der Waals surface area contributed by atoms with Crippen LogP contribution in [0.4, 0.5) is 5.69 Å². The van der Waals surface area contributed by atoms with Gasteiger partial charge in [-0.15, -0.1) is 0 Å². The van der Waals surface area contributed by atoms with Crippen molar-refractivity contribution in [2.75, 3.05) is 11.4 Å². The van der Waals surface area contributed by atoms with Gasteiger partial charge in [-0.05, 0) is 31.4 Å². The van der Waals surface area contributed by atoms with Gasteiger partial charge >= 0.3 is 0 Å². The molecule has 1 aliphatic rings. The van der Waals surface area contributed by atoms with Crippen molar-refractivity contribution in [2.45, 2.75) is 20.3 Å². The van der Waals surface area contributed by atoms with Gasteiger partial charge in [0, 0.05) is 24.2 Å². The molecule has 3 nitrogen and oxygen atoms in total. The van der Waals surface area contributed by atoms with Crippen LogP contribution in [0.15, 0.2) is 24.3 Å². The van der Waals surface area contributed by atoms with Gasteiger partial charge in [0.15, 0.2) is 0 Å². The lowest BCUT2D eigenvalue weighted by atomic mass is 10.2. The van der Waals surface area contributed by atoms with Crippen molar-refractivity contribution in [3.63, 3.8) is 0 Å². The first kappa shape index (κ1) is 11.0. The molecule has 2 unspecified atom stereocenters. The average molecular weight is 219 g/mol. The number of hydrogen-bond acceptors (Lipinski definition) is 2. The number of rotatable bonds is 3. The number of hydrogen-bond donors (Lipinski definition) is 1. The molecule has 3 heteroatoms. The van der Waals surface area contributed by atoms with Crippen LogP contribution in [0.3, 0.4) is 0 Å². The molecule has 2 rings (SSSR count). The van der Waals surface area contributed by atoms with Crippen molar-refractivity contribution in [3.05, 3.63) is 24.3 Å². The lowest BCUT2D eigenvalue weighted by Gasteiger charge is -2.21. The third kappa shape index (κ3) is 2.03. The van der Waals surface area contributed by atoms with Gasteiger partial charge in [0.25, 0.3) is 0 Å². The molecule has 1 aromatic rings. The number of phenols is 1. The molecule has 0 saturated heterocycles. The predicted molar refractivity (Wildman–Crippen MR) is 63.4 cm³/mol. The lowest BCUT2D eigenvalue weighted by Crippen LogP contribution is -2.32. The largest absolute Gasteiger partial charge is 0.508 e. The Balaban J connectivity index is 2.19. The highest BCUT2D eigenvalue weighted by Crippen LogP contribution is 2.40. The highest BCUT2D eigenvalue weighted by molar-refractivity contribution is 5.96. The van der Waals surface area contributed by atoms with Crippen LogP contribution < -0.4 is 4.90 Å². The Morgan fingerprint density at radius 3 is 2.75 bits per heavy atom. The maximum Gasteiger partial charge on any atom is 0.230 e. The lowest BCUT2D eigenvalue weighted by molar-refractivity contribution is -0.120. The number of phenolic OH excluding ortho intramolecular Hbond substituents is 1. The van der Waals surface area contributed by atoms with E-state index >= 15 is 0 Å². The monoisotopic (exact) mass is 219 g/mol. The van der Waals surface area contributed by atoms with Crippen LogP contribution >= 0.6 is 0 Å². The van der Waals surface area contributed by atoms with E-state index < -0.39 is 0 Å². The van der Waals surface area contributed by atoms with Crippen LogP contribution in [0.25, 0.3) is 0 Å². The molecule has 86 valence electrons. The van der Waals surface area contributed by atoms with E-state index in [9.17, 15) is 9.90 Å². The molecule has 1 fully saturated rings. The molecule has 0 heterocycles. The molecule has 0 aromatic heterocycles. The van der Waals surface area contributed by atoms with E-state index in [1.807, 2.05) is 13.0 Å². The molecule has 0 bridgehead atoms. The Hall–Kier alpha value is -1.51. The summed E-state index contributed by atoms with van der Waals surface area (Å²) in [5.41, 5.74) is 0.784. The van der Waals surface area contributed by atoms with Gasteiger partial charge in [-0.2, -0.15) is 0 Å². The summed E-state index contributed by atoms with van der Waals surface area (Å²) < 4.78 is 0. The van der Waals surface area contributed by atoms with E-state index in [1.54, 1.807) is 23.1 Å². The molecule has 1 N–H and O–H groups in total. The number of carbonyl (C=O) groups is 1. The zero-order valence-corrected chi connectivity index (χ0v) is 9.68. The van der Waals surface area contributed by atoms with Gasteiger partial charge in [-0.25, -0.2) is 0 Å². The topological polar surface area (TPSA) is 40.5 Å². The van der Waals surface area contributed by atoms with Gasteiger partial charge in [-0.3, -0.25) is 4.79 Å². The van der Waals surface area contributed by atoms with Gasteiger partial charge in [0.2, 0.25) is 5.91 Å². The minimum Gasteiger partial charge on any atom is -0.508 e. The van der Waals surface area contributed by atoms with Crippen molar-refractivity contribution >= 4 is 11.6 Å². The third-order valence-electron chi connectivity index (χ3n) is 3.15. The van der Waals surface area contributed by atoms with E-state index in [0.29, 0.717) is 12.5 Å². The quantitative estimate of drug-likeness (QED) is 0.848. The first-order valence-corrected chi connectivity index (χ1v) is 5.74. The molecule has 2 atom stereocenters. The minimum atomic E-state index is 0.181. The van der Waals surface area contributed by atoms with E-state index in [2.05, 4.69) is 6.92 Å². The number of nitrogens with zero attached hydrogens (tertiary/aromatic N) is 1. The molecule has 0 spiro atoms. The van der Waals surface area contributed by atoms with Gasteiger partial charge < -0.3 is 10.0 Å². The smallest absolute Gasteiger partial charge is 0.230 e. The second-order valence-electron chi connectivity index (χ2n) is 4.42. The van der Waals surface area contributed by atoms with E-state index in [1.165, 1.54) is 0 Å². The number of carbonyl (C=O) groups excluding carboxylic acids is 1. The summed E-state index contributed by atoms with van der Waals surface area (Å²) in [6.45, 7) is 4.69. The molecule has 1 aliphatic carbocycles. The first-order valence-electron chi connectivity index (χ1n) is 5.74. The van der Waals surface area contributed by atoms with Gasteiger partial charge in [-0.1, -0.05) is 13.0 Å². The van der Waals surface area contributed by atoms with E-state index in [-0.39, 0.29) is 17.6 Å². The summed E-state index contributed by atoms with van der Waals surface area (Å²) in [5.74, 6) is 1.08. The molecular weight excluding hydrogens is 202 g/mol. The summed E-state index contributed by atoms with van der Waals surface area (Å²) in [7, 11) is 0. The molecule has 1 aromatic carbocycles. The van der Waals surface area contributed by atoms with E-state index in [0.717, 1.165) is 12.1 Å². The Labute approximate surface area is 95.7 Å². The SMILES string of the molecule is CCN(C(=O)C1CC1C)c1cccc(O)c1. The third-order valence-corrected chi connectivity index (χ3v) is 3.15. The summed E-state index contributed by atoms with van der Waals surface area (Å²) in [6, 6.07) is 6.86. The molecule has 1 saturated carbocycles. The van der Waals surface area contributed by atoms with E-state index in [4.69, 9.17) is 0 Å². The second-order valence-corrected chi connectivity index (χ2v) is 4.42. The minimum absolute atomic E-state index is 0.181. The standard InChI is InChI=1S/C13H17NO2/c1-3-14(13(16)12-7-9(12)2)10-5-4-6-11(15)8-10/h4-6,8-9,12,15H,3,7H2,1-2H3. The summed E-state index contributed by atoms with van der Waals surface area (Å²) >= 11 is 0. The molecule has 16 heavy (non-hydrogen) atoms. The van der Waals surface area contributed by atoms with Crippen molar-refractivity contribution in [1.29, 1.82) is 0 Å². The normalized spacial score (nSPS) is 22.9. The Kier molecular flexibility index (Phi) is 2.86. The average Bonchev–Trinajstić information content (AvgIpc) is 2.96. The fraction of sp³-hybridized carbons (Fsp3) is 0.462. The highest BCUT2D eigenvalue weighted by Gasteiger charge is 2.41. The Morgan fingerprint density at radius 1 is 1.56 bits per heavy atom. The predicted octanol–water partition coefficient (Wildman–Crippen LogP) is 2.40. The second kappa shape index (κ2) is 4.16. The number of amides is 1. The zero-order valence-electron chi connectivity index (χ0n) is 9.68. The fourth-order valence-corrected chi connectivity index (χ4v) is 1.99. The van der Waals surface area contributed by atoms with Crippen LogP contribution in [-0.4, -0.2) is 17.6 Å². The van der Waals surface area contributed by atoms with Crippen LogP contribution in [0.2, 0.25) is 0 Å². The van der Waals surface area contributed by atoms with Crippen LogP contribution in [0, 0.1) is 11.8 Å². The summed E-state index contributed by atoms with van der Waals surface area (Å²) in [4.78, 5) is 13.8. The Bertz CT molecular complexity index is 403. The Morgan fingerprint density at radius 2 is 2.25 bits per heavy atom. The maximum absolute atomic E-state index is 12.1. The fourth-order valence-electron chi connectivity index (χ4n) is 1.99. The van der Waals surface area contributed by atoms with Crippen molar-refractivity contribution in [1.82, 2.24) is 0 Å². The van der Waals surface area contributed by atoms with Gasteiger partial charge in [0.05, 0.1) is 0 Å². The van der Waals surface area contributed by atoms with Gasteiger partial charge in [0.1, 0.15) is 5.75 Å². The molecule has 0 aliphatic heterocycles. The van der Waals surface area contributed by atoms with Crippen molar-refractivity contribution in [3.8, 4) is 5.75 Å². The zero-order chi connectivity index (χ0) is 11.7. The van der Waals surface area contributed by atoms with Crippen LogP contribution in [0.1, 0.15) is 20.3 Å². The number of aromatic hydroxyl groups is 1. The van der Waals surface area contributed by atoms with Crippen LogP contribution in [0.5, 0.6) is 5.75 Å². The molecule has 0 radical (unpaired) electrons.